The molecule has 19 heavy (non-hydrogen) atoms. The lowest BCUT2D eigenvalue weighted by atomic mass is 10.2. The molecule has 1 aliphatic rings. The van der Waals surface area contributed by atoms with E-state index >= 15 is 0 Å². The topological polar surface area (TPSA) is 61.0 Å². The van der Waals surface area contributed by atoms with Crippen molar-refractivity contribution in [1.29, 1.82) is 0 Å². The first-order chi connectivity index (χ1) is 9.28. The van der Waals surface area contributed by atoms with Gasteiger partial charge in [0.25, 0.3) is 5.56 Å². The van der Waals surface area contributed by atoms with Gasteiger partial charge in [-0.05, 0) is 37.9 Å². The molecule has 1 atom stereocenters. The van der Waals surface area contributed by atoms with Gasteiger partial charge in [0.2, 0.25) is 0 Å². The molecule has 0 bridgehead atoms. The zero-order valence-electron chi connectivity index (χ0n) is 11.0. The van der Waals surface area contributed by atoms with E-state index in [1.807, 2.05) is 18.5 Å². The Morgan fingerprint density at radius 3 is 3.37 bits per heavy atom. The molecule has 1 unspecified atom stereocenters. The van der Waals surface area contributed by atoms with E-state index in [2.05, 4.69) is 20.2 Å². The van der Waals surface area contributed by atoms with Crippen molar-refractivity contribution in [3.05, 3.63) is 27.6 Å². The van der Waals surface area contributed by atoms with Gasteiger partial charge in [0.05, 0.1) is 12.1 Å². The summed E-state index contributed by atoms with van der Waals surface area (Å²) < 4.78 is 0.719. The Hall–Kier alpha value is -1.24. The number of nitrogens with zero attached hydrogens (tertiary/aromatic N) is 2. The minimum Gasteiger partial charge on any atom is -0.318 e. The highest BCUT2D eigenvalue weighted by molar-refractivity contribution is 7.17. The van der Waals surface area contributed by atoms with Crippen LogP contribution in [-0.2, 0) is 6.54 Å². The average molecular weight is 278 g/mol. The lowest BCUT2D eigenvalue weighted by Crippen LogP contribution is -2.37. The molecule has 1 fully saturated rings. The molecule has 2 N–H and O–H groups in total. The SMILES string of the molecule is CNCC1CCCN1Cc1nc2ccsc2c(=O)[nH]1. The van der Waals surface area contributed by atoms with Crippen molar-refractivity contribution in [2.45, 2.75) is 25.4 Å². The second kappa shape index (κ2) is 5.40. The van der Waals surface area contributed by atoms with Gasteiger partial charge in [0.15, 0.2) is 0 Å². The van der Waals surface area contributed by atoms with Gasteiger partial charge in [-0.15, -0.1) is 11.3 Å². The predicted molar refractivity (Wildman–Crippen MR) is 77.6 cm³/mol. The van der Waals surface area contributed by atoms with E-state index in [1.54, 1.807) is 0 Å². The molecule has 0 amide bonds. The van der Waals surface area contributed by atoms with E-state index in [1.165, 1.54) is 24.2 Å². The number of hydrogen-bond acceptors (Lipinski definition) is 5. The Bertz CT molecular complexity index is 620. The maximum atomic E-state index is 11.9. The van der Waals surface area contributed by atoms with Gasteiger partial charge in [-0.2, -0.15) is 0 Å². The summed E-state index contributed by atoms with van der Waals surface area (Å²) in [5.41, 5.74) is 0.799. The van der Waals surface area contributed by atoms with Crippen LogP contribution in [0.3, 0.4) is 0 Å². The number of hydrogen-bond donors (Lipinski definition) is 2. The van der Waals surface area contributed by atoms with Crippen LogP contribution in [0.2, 0.25) is 0 Å². The summed E-state index contributed by atoms with van der Waals surface area (Å²) in [6.07, 6.45) is 2.43. The number of fused-ring (bicyclic) bond motifs is 1. The maximum Gasteiger partial charge on any atom is 0.268 e. The van der Waals surface area contributed by atoms with E-state index in [0.717, 1.165) is 35.7 Å². The molecule has 3 heterocycles. The smallest absolute Gasteiger partial charge is 0.268 e. The van der Waals surface area contributed by atoms with Gasteiger partial charge >= 0.3 is 0 Å². The second-order valence-electron chi connectivity index (χ2n) is 4.97. The van der Waals surface area contributed by atoms with Crippen LogP contribution >= 0.6 is 11.3 Å². The van der Waals surface area contributed by atoms with Gasteiger partial charge in [-0.1, -0.05) is 0 Å². The molecule has 0 radical (unpaired) electrons. The van der Waals surface area contributed by atoms with Gasteiger partial charge in [0, 0.05) is 12.6 Å². The van der Waals surface area contributed by atoms with Gasteiger partial charge in [-0.3, -0.25) is 9.69 Å². The van der Waals surface area contributed by atoms with Gasteiger partial charge in [-0.25, -0.2) is 4.98 Å². The fourth-order valence-electron chi connectivity index (χ4n) is 2.76. The van der Waals surface area contributed by atoms with E-state index < -0.39 is 0 Å². The second-order valence-corrected chi connectivity index (χ2v) is 5.89. The fourth-order valence-corrected chi connectivity index (χ4v) is 3.48. The summed E-state index contributed by atoms with van der Waals surface area (Å²) in [7, 11) is 1.98. The van der Waals surface area contributed by atoms with E-state index in [0.29, 0.717) is 6.04 Å². The molecule has 2 aromatic heterocycles. The molecular formula is C13H18N4OS. The first kappa shape index (κ1) is 12.8. The summed E-state index contributed by atoms with van der Waals surface area (Å²) in [6, 6.07) is 2.46. The molecule has 5 nitrogen and oxygen atoms in total. The predicted octanol–water partition coefficient (Wildman–Crippen LogP) is 1.17. The lowest BCUT2D eigenvalue weighted by Gasteiger charge is -2.23. The van der Waals surface area contributed by atoms with Crippen LogP contribution < -0.4 is 10.9 Å². The van der Waals surface area contributed by atoms with Crippen molar-refractivity contribution in [3.8, 4) is 0 Å². The number of H-pyrrole nitrogens is 1. The quantitative estimate of drug-likeness (QED) is 0.881. The Morgan fingerprint density at radius 1 is 1.63 bits per heavy atom. The Labute approximate surface area is 115 Å². The highest BCUT2D eigenvalue weighted by Gasteiger charge is 2.24. The lowest BCUT2D eigenvalue weighted by molar-refractivity contribution is 0.236. The molecule has 2 aromatic rings. The van der Waals surface area contributed by atoms with Crippen molar-refractivity contribution < 1.29 is 0 Å². The molecular weight excluding hydrogens is 260 g/mol. The van der Waals surface area contributed by atoms with Crippen LogP contribution in [0.4, 0.5) is 0 Å². The van der Waals surface area contributed by atoms with Crippen molar-refractivity contribution in [2.24, 2.45) is 0 Å². The highest BCUT2D eigenvalue weighted by Crippen LogP contribution is 2.19. The van der Waals surface area contributed by atoms with Crippen LogP contribution in [-0.4, -0.2) is 41.0 Å². The third-order valence-corrected chi connectivity index (χ3v) is 4.56. The third kappa shape index (κ3) is 2.56. The number of rotatable bonds is 4. The molecule has 1 saturated heterocycles. The molecule has 0 spiro atoms. The number of likely N-dealkylation sites (N-methyl/N-ethyl adjacent to an activating group) is 1. The first-order valence-electron chi connectivity index (χ1n) is 6.63. The monoisotopic (exact) mass is 278 g/mol. The van der Waals surface area contributed by atoms with Crippen molar-refractivity contribution in [3.63, 3.8) is 0 Å². The minimum atomic E-state index is -0.0145. The molecule has 0 aliphatic carbocycles. The normalized spacial score (nSPS) is 20.4. The number of nitrogens with one attached hydrogen (secondary N) is 2. The number of aromatic nitrogens is 2. The van der Waals surface area contributed by atoms with E-state index in [4.69, 9.17) is 0 Å². The molecule has 3 rings (SSSR count). The van der Waals surface area contributed by atoms with Crippen molar-refractivity contribution >= 4 is 21.6 Å². The third-order valence-electron chi connectivity index (χ3n) is 3.66. The standard InChI is InChI=1S/C13H18N4OS/c1-14-7-9-3-2-5-17(9)8-11-15-10-4-6-19-12(10)13(18)16-11/h4,6,9,14H,2-3,5,7-8H2,1H3,(H,15,16,18). The average Bonchev–Trinajstić information content (AvgIpc) is 3.00. The number of thiophene rings is 1. The Balaban J connectivity index is 1.82. The highest BCUT2D eigenvalue weighted by atomic mass is 32.1. The number of aromatic amines is 1. The summed E-state index contributed by atoms with van der Waals surface area (Å²) in [5, 5.41) is 5.14. The molecule has 0 aromatic carbocycles. The van der Waals surface area contributed by atoms with E-state index in [-0.39, 0.29) is 5.56 Å². The molecule has 1 aliphatic heterocycles. The summed E-state index contributed by atoms with van der Waals surface area (Å²) >= 11 is 1.44. The summed E-state index contributed by atoms with van der Waals surface area (Å²) in [4.78, 5) is 21.8. The van der Waals surface area contributed by atoms with Crippen molar-refractivity contribution in [1.82, 2.24) is 20.2 Å². The van der Waals surface area contributed by atoms with Crippen LogP contribution in [0.25, 0.3) is 10.2 Å². The Morgan fingerprint density at radius 2 is 2.53 bits per heavy atom. The zero-order valence-corrected chi connectivity index (χ0v) is 11.8. The van der Waals surface area contributed by atoms with Crippen LogP contribution in [0.15, 0.2) is 16.2 Å². The van der Waals surface area contributed by atoms with Gasteiger partial charge < -0.3 is 10.3 Å². The van der Waals surface area contributed by atoms with Crippen LogP contribution in [0.5, 0.6) is 0 Å². The molecule has 102 valence electrons. The molecule has 6 heteroatoms. The Kier molecular flexibility index (Phi) is 3.63. The fraction of sp³-hybridized carbons (Fsp3) is 0.538. The van der Waals surface area contributed by atoms with Crippen LogP contribution in [0, 0.1) is 0 Å². The van der Waals surface area contributed by atoms with Crippen LogP contribution in [0.1, 0.15) is 18.7 Å². The zero-order chi connectivity index (χ0) is 13.2. The number of likely N-dealkylation sites (tertiary alicyclic amines) is 1. The first-order valence-corrected chi connectivity index (χ1v) is 7.51. The summed E-state index contributed by atoms with van der Waals surface area (Å²) in [5.74, 6) is 0.777. The van der Waals surface area contributed by atoms with E-state index in [9.17, 15) is 4.79 Å². The van der Waals surface area contributed by atoms with Crippen molar-refractivity contribution in [2.75, 3.05) is 20.1 Å². The maximum absolute atomic E-state index is 11.9. The minimum absolute atomic E-state index is 0.0145. The summed E-state index contributed by atoms with van der Waals surface area (Å²) in [6.45, 7) is 2.80. The van der Waals surface area contributed by atoms with Gasteiger partial charge in [0.1, 0.15) is 10.5 Å². The largest absolute Gasteiger partial charge is 0.318 e. The molecule has 0 saturated carbocycles.